The van der Waals surface area contributed by atoms with Crippen LogP contribution in [-0.4, -0.2) is 96.0 Å². The van der Waals surface area contributed by atoms with Gasteiger partial charge in [-0.25, -0.2) is 27.3 Å². The van der Waals surface area contributed by atoms with Gasteiger partial charge in [-0.3, -0.25) is 29.3 Å². The molecule has 3 heterocycles. The minimum atomic E-state index is -5.25. The van der Waals surface area contributed by atoms with E-state index in [1.807, 2.05) is 0 Å². The standard InChI is InChI=1S/C31H31N7O17S4.4K/c1-32-28(40)26-19(30(42)37(34-26)21-14-17(56-54-52-44)7-11-23(21)58(46,47)48)9-5-16(36-13-3-4-25(36)39)6-10-20-27(29(41)33-2)35-38(31(20)43)22-15-18(57-55-53-45)8-12-24(22)59(49,50)51;;;;/h5-12,14-15,26,34,43-45H,3-4,13H2,1-2H3,(H,32,40)(H,33,41)(H,46,47,48)(H,49,50,51);;;;/q;4*+1/p-4/b10-6+,16-5+,19-9-;;;;. The molecule has 5 rings (SSSR count). The van der Waals surface area contributed by atoms with E-state index < -0.39 is 82.6 Å². The molecule has 0 radical (unpaired) electrons. The summed E-state index contributed by atoms with van der Waals surface area (Å²) in [6.45, 7) is 0.136. The Morgan fingerprint density at radius 3 is 1.95 bits per heavy atom. The minimum absolute atomic E-state index is 0. The van der Waals surface area contributed by atoms with Gasteiger partial charge >= 0.3 is 206 Å². The summed E-state index contributed by atoms with van der Waals surface area (Å²) < 4.78 is 82.2. The van der Waals surface area contributed by atoms with Gasteiger partial charge in [-0.15, -0.1) is 0 Å². The Morgan fingerprint density at radius 1 is 0.905 bits per heavy atom. The number of hydrogen-bond donors (Lipinski definition) is 4. The molecule has 63 heavy (non-hydrogen) atoms. The predicted octanol–water partition coefficient (Wildman–Crippen LogP) is -13.7. The van der Waals surface area contributed by atoms with Gasteiger partial charge in [-0.05, 0) is 67.1 Å². The van der Waals surface area contributed by atoms with Crippen molar-refractivity contribution < 1.29 is 285 Å². The van der Waals surface area contributed by atoms with Crippen LogP contribution >= 0.6 is 24.1 Å². The fourth-order valence-electron chi connectivity index (χ4n) is 5.70. The summed E-state index contributed by atoms with van der Waals surface area (Å²) in [4.78, 5) is 52.4. The normalized spacial score (nSPS) is 16.1. The third-order valence-corrected chi connectivity index (χ3v) is 11.2. The summed E-state index contributed by atoms with van der Waals surface area (Å²) >= 11 is 0.624. The molecule has 2 saturated heterocycles. The topological polar surface area (TPSA) is 346 Å². The molecule has 1 aromatic heterocycles. The number of benzene rings is 2. The zero-order valence-corrected chi connectivity index (χ0v) is 49.6. The summed E-state index contributed by atoms with van der Waals surface area (Å²) in [5.74, 6) is -4.05. The molecular weight excluding hydrogens is 1030 g/mol. The Morgan fingerprint density at radius 2 is 1.46 bits per heavy atom. The number of nitrogens with one attached hydrogen (secondary N) is 3. The second-order valence-electron chi connectivity index (χ2n) is 11.7. The largest absolute Gasteiger partial charge is 1.00 e. The van der Waals surface area contributed by atoms with Crippen LogP contribution in [-0.2, 0) is 53.4 Å². The second-order valence-corrected chi connectivity index (χ2v) is 15.9. The molecule has 0 aliphatic carbocycles. The number of aromatic hydroxyl groups is 1. The van der Waals surface area contributed by atoms with Crippen molar-refractivity contribution in [2.45, 2.75) is 38.5 Å². The predicted molar refractivity (Wildman–Crippen MR) is 192 cm³/mol. The van der Waals surface area contributed by atoms with E-state index in [0.29, 0.717) is 40.2 Å². The molecule has 316 valence electrons. The molecule has 4 N–H and O–H groups in total. The average molecular weight is 1050 g/mol. The Hall–Kier alpha value is 1.34. The Labute approximate surface area is 537 Å². The molecule has 3 aromatic rings. The van der Waals surface area contributed by atoms with E-state index in [0.717, 1.165) is 48.6 Å². The van der Waals surface area contributed by atoms with Gasteiger partial charge in [-0.2, -0.15) is 18.4 Å². The smallest absolute Gasteiger partial charge is 0.744 e. The number of amides is 4. The third-order valence-electron chi connectivity index (χ3n) is 8.29. The van der Waals surface area contributed by atoms with Gasteiger partial charge in [0.2, 0.25) is 17.7 Å². The van der Waals surface area contributed by atoms with Crippen LogP contribution in [0.3, 0.4) is 0 Å². The number of anilines is 1. The first-order valence-electron chi connectivity index (χ1n) is 16.2. The van der Waals surface area contributed by atoms with Gasteiger partial charge in [0.05, 0.1) is 50.8 Å². The minimum Gasteiger partial charge on any atom is -0.744 e. The van der Waals surface area contributed by atoms with Crippen molar-refractivity contribution in [2.24, 2.45) is 0 Å². The van der Waals surface area contributed by atoms with E-state index in [2.05, 4.69) is 39.9 Å². The molecule has 2 fully saturated rings. The number of allylic oxidation sites excluding steroid dienone is 3. The number of likely N-dealkylation sites (tertiary alicyclic amines) is 1. The maximum atomic E-state index is 13.9. The molecule has 1 atom stereocenters. The van der Waals surface area contributed by atoms with E-state index in [9.17, 15) is 60.7 Å². The van der Waals surface area contributed by atoms with Crippen LogP contribution in [0, 0.1) is 0 Å². The van der Waals surface area contributed by atoms with E-state index in [4.69, 9.17) is 0 Å². The monoisotopic (exact) mass is 1050 g/mol. The first-order valence-corrected chi connectivity index (χ1v) is 20.5. The molecule has 2 aromatic carbocycles. The number of rotatable bonds is 16. The van der Waals surface area contributed by atoms with Crippen LogP contribution in [0.15, 0.2) is 85.5 Å². The van der Waals surface area contributed by atoms with Crippen molar-refractivity contribution in [1.82, 2.24) is 30.7 Å². The molecule has 1 unspecified atom stereocenters. The van der Waals surface area contributed by atoms with E-state index in [1.54, 1.807) is 0 Å². The number of carbonyl (C=O) groups excluding carboxylic acids is 4. The number of aromatic nitrogens is 2. The van der Waals surface area contributed by atoms with Crippen LogP contribution in [0.2, 0.25) is 0 Å². The summed E-state index contributed by atoms with van der Waals surface area (Å²) in [5.41, 5.74) is 0.188. The summed E-state index contributed by atoms with van der Waals surface area (Å²) in [7, 11) is -8.05. The fourth-order valence-corrected chi connectivity index (χ4v) is 7.75. The molecule has 0 bridgehead atoms. The van der Waals surface area contributed by atoms with Crippen LogP contribution in [0.4, 0.5) is 5.69 Å². The summed E-state index contributed by atoms with van der Waals surface area (Å²) in [6, 6.07) is 4.28. The van der Waals surface area contributed by atoms with Crippen LogP contribution < -0.4 is 237 Å². The molecule has 4 amide bonds. The molecule has 2 aliphatic rings. The van der Waals surface area contributed by atoms with Crippen molar-refractivity contribution >= 4 is 79.7 Å². The van der Waals surface area contributed by atoms with Crippen molar-refractivity contribution in [3.63, 3.8) is 0 Å². The average Bonchev–Trinajstić information content (AvgIpc) is 3.88. The molecule has 0 saturated carbocycles. The van der Waals surface area contributed by atoms with Gasteiger partial charge < -0.3 is 40.3 Å². The number of carbonyl (C=O) groups is 4. The number of nitrogens with zero attached hydrogens (tertiary/aromatic N) is 4. The summed E-state index contributed by atoms with van der Waals surface area (Å²) in [5, 5.41) is 48.0. The molecular formula is C31H27K4N7O17S4. The first kappa shape index (κ1) is 62.4. The number of hydrazine groups is 1. The molecule has 32 heteroatoms. The van der Waals surface area contributed by atoms with Gasteiger partial charge in [0.25, 0.3) is 11.8 Å². The Balaban J connectivity index is 0.00000496. The van der Waals surface area contributed by atoms with Crippen molar-refractivity contribution in [2.75, 3.05) is 25.6 Å². The maximum Gasteiger partial charge on any atom is 1.00 e. The second kappa shape index (κ2) is 28.3. The van der Waals surface area contributed by atoms with Crippen LogP contribution in [0.5, 0.6) is 5.88 Å². The van der Waals surface area contributed by atoms with Gasteiger partial charge in [0, 0.05) is 48.1 Å². The Kier molecular flexibility index (Phi) is 28.0. The number of likely N-dealkylation sites (N-methyl/N-ethyl adjacent to an activating group) is 1. The maximum absolute atomic E-state index is 13.9. The van der Waals surface area contributed by atoms with E-state index in [-0.39, 0.29) is 245 Å². The first-order chi connectivity index (χ1) is 27.9. The van der Waals surface area contributed by atoms with Crippen LogP contribution in [0.1, 0.15) is 28.9 Å². The third kappa shape index (κ3) is 15.7. The molecule has 24 nitrogen and oxygen atoms in total. The zero-order chi connectivity index (χ0) is 43.2. The fraction of sp³-hybridized carbons (Fsp3) is 0.194. The van der Waals surface area contributed by atoms with Crippen LogP contribution in [0.25, 0.3) is 11.8 Å². The van der Waals surface area contributed by atoms with E-state index >= 15 is 0 Å². The molecule has 2 aliphatic heterocycles. The number of hydrogen-bond acceptors (Lipinski definition) is 21. The summed E-state index contributed by atoms with van der Waals surface area (Å²) in [6.07, 6.45) is 5.12. The van der Waals surface area contributed by atoms with Gasteiger partial charge in [0.1, 0.15) is 26.3 Å². The SMILES string of the molecule is CNC(=O)c1nn(-c2cc(SOO[O-])ccc2S(=O)(=O)[O-])c(O)c1/C=C/C(=C\C=C1/C(=O)N(c2cc(SOO[O-])ccc2S(=O)(=O)[O-])NC1C(=O)NC)N1CCCC1=O.[K+].[K+].[K+].[K+]. The quantitative estimate of drug-likeness (QED) is 0.0197. The van der Waals surface area contributed by atoms with Crippen molar-refractivity contribution in [3.05, 3.63) is 77.2 Å². The van der Waals surface area contributed by atoms with Crippen molar-refractivity contribution in [3.8, 4) is 11.6 Å². The Bertz CT molecular complexity index is 2510. The van der Waals surface area contributed by atoms with E-state index in [1.165, 1.54) is 31.1 Å². The van der Waals surface area contributed by atoms with Crippen molar-refractivity contribution in [1.29, 1.82) is 0 Å². The van der Waals surface area contributed by atoms with Gasteiger partial charge in [0.15, 0.2) is 5.69 Å². The molecule has 0 spiro atoms. The van der Waals surface area contributed by atoms with Gasteiger partial charge in [-0.1, -0.05) is 0 Å². The zero-order valence-electron chi connectivity index (χ0n) is 33.9.